The van der Waals surface area contributed by atoms with Gasteiger partial charge in [-0.05, 0) is 12.1 Å². The first-order chi connectivity index (χ1) is 7.60. The number of amides is 1. The summed E-state index contributed by atoms with van der Waals surface area (Å²) in [5, 5.41) is 9.30. The van der Waals surface area contributed by atoms with Crippen LogP contribution in [0.1, 0.15) is 0 Å². The van der Waals surface area contributed by atoms with Crippen LogP contribution in [0.5, 0.6) is 5.75 Å². The number of rotatable bonds is 4. The Kier molecular flexibility index (Phi) is 4.28. The molecule has 88 valence electrons. The van der Waals surface area contributed by atoms with E-state index in [9.17, 15) is 9.90 Å². The van der Waals surface area contributed by atoms with E-state index < -0.39 is 6.10 Å². The lowest BCUT2D eigenvalue weighted by molar-refractivity contribution is -0.127. The highest BCUT2D eigenvalue weighted by atomic mass is 16.5. The minimum Gasteiger partial charge on any atom is -0.508 e. The maximum absolute atomic E-state index is 11.9. The van der Waals surface area contributed by atoms with Crippen molar-refractivity contribution in [3.63, 3.8) is 0 Å². The van der Waals surface area contributed by atoms with Gasteiger partial charge in [-0.15, -0.1) is 0 Å². The summed E-state index contributed by atoms with van der Waals surface area (Å²) < 4.78 is 4.96. The summed E-state index contributed by atoms with van der Waals surface area (Å²) in [6, 6.07) is 6.43. The Morgan fingerprint density at radius 1 is 1.62 bits per heavy atom. The van der Waals surface area contributed by atoms with E-state index >= 15 is 0 Å². The normalized spacial score (nSPS) is 12.2. The molecule has 1 rings (SSSR count). The fourth-order valence-electron chi connectivity index (χ4n) is 1.34. The number of likely N-dealkylation sites (N-methyl/N-ethyl adjacent to an activating group) is 1. The van der Waals surface area contributed by atoms with Gasteiger partial charge in [-0.3, -0.25) is 4.79 Å². The number of carbonyl (C=O) groups is 1. The summed E-state index contributed by atoms with van der Waals surface area (Å²) in [4.78, 5) is 13.3. The molecule has 0 heterocycles. The van der Waals surface area contributed by atoms with Crippen LogP contribution < -0.4 is 10.6 Å². The zero-order valence-electron chi connectivity index (χ0n) is 9.38. The lowest BCUT2D eigenvalue weighted by atomic mass is 10.2. The number of hydrogen-bond donors (Lipinski definition) is 2. The minimum absolute atomic E-state index is 0.110. The molecule has 0 aromatic heterocycles. The molecule has 0 radical (unpaired) electrons. The summed E-state index contributed by atoms with van der Waals surface area (Å²) >= 11 is 0. The summed E-state index contributed by atoms with van der Waals surface area (Å²) in [6.07, 6.45) is -0.660. The van der Waals surface area contributed by atoms with Crippen molar-refractivity contribution in [1.29, 1.82) is 0 Å². The molecule has 0 aliphatic carbocycles. The maximum atomic E-state index is 11.9. The van der Waals surface area contributed by atoms with Gasteiger partial charge in [0.15, 0.2) is 0 Å². The maximum Gasteiger partial charge on any atom is 0.257 e. The van der Waals surface area contributed by atoms with E-state index in [1.165, 1.54) is 18.1 Å². The molecule has 3 N–H and O–H groups in total. The van der Waals surface area contributed by atoms with E-state index in [1.807, 2.05) is 0 Å². The van der Waals surface area contributed by atoms with Gasteiger partial charge in [0.25, 0.3) is 5.91 Å². The van der Waals surface area contributed by atoms with Crippen molar-refractivity contribution in [3.8, 4) is 5.75 Å². The summed E-state index contributed by atoms with van der Waals surface area (Å²) in [5.74, 6) is -0.130. The molecule has 0 aliphatic rings. The van der Waals surface area contributed by atoms with Gasteiger partial charge >= 0.3 is 0 Å². The van der Waals surface area contributed by atoms with Crippen molar-refractivity contribution < 1.29 is 14.6 Å². The largest absolute Gasteiger partial charge is 0.508 e. The van der Waals surface area contributed by atoms with Crippen LogP contribution in [0.25, 0.3) is 0 Å². The van der Waals surface area contributed by atoms with Crippen molar-refractivity contribution in [1.82, 2.24) is 0 Å². The molecule has 0 bridgehead atoms. The fraction of sp³-hybridized carbons (Fsp3) is 0.364. The number of nitrogens with zero attached hydrogens (tertiary/aromatic N) is 1. The Hall–Kier alpha value is -1.59. The lowest BCUT2D eigenvalue weighted by Gasteiger charge is -2.22. The second-order valence-electron chi connectivity index (χ2n) is 3.38. The van der Waals surface area contributed by atoms with Gasteiger partial charge in [0.1, 0.15) is 11.9 Å². The van der Waals surface area contributed by atoms with Crippen LogP contribution in [0.3, 0.4) is 0 Å². The number of carbonyl (C=O) groups excluding carboxylic acids is 1. The van der Waals surface area contributed by atoms with E-state index in [0.29, 0.717) is 5.69 Å². The molecule has 5 nitrogen and oxygen atoms in total. The van der Waals surface area contributed by atoms with Gasteiger partial charge < -0.3 is 20.5 Å². The van der Waals surface area contributed by atoms with E-state index in [1.54, 1.807) is 25.2 Å². The van der Waals surface area contributed by atoms with Crippen LogP contribution in [0.15, 0.2) is 24.3 Å². The zero-order chi connectivity index (χ0) is 12.1. The quantitative estimate of drug-likeness (QED) is 0.772. The van der Waals surface area contributed by atoms with Crippen LogP contribution in [-0.4, -0.2) is 37.8 Å². The average Bonchev–Trinajstić information content (AvgIpc) is 2.29. The van der Waals surface area contributed by atoms with E-state index in [-0.39, 0.29) is 18.2 Å². The SMILES string of the molecule is COC(CN)C(=O)N(C)c1cccc(O)c1. The Bertz CT molecular complexity index is 364. The molecule has 1 aromatic carbocycles. The van der Waals surface area contributed by atoms with Crippen LogP contribution in [-0.2, 0) is 9.53 Å². The number of phenols is 1. The van der Waals surface area contributed by atoms with Crippen LogP contribution in [0.2, 0.25) is 0 Å². The highest BCUT2D eigenvalue weighted by Crippen LogP contribution is 2.19. The van der Waals surface area contributed by atoms with Crippen molar-refractivity contribution in [2.45, 2.75) is 6.10 Å². The Morgan fingerprint density at radius 3 is 2.81 bits per heavy atom. The van der Waals surface area contributed by atoms with Gasteiger partial charge in [0.05, 0.1) is 0 Å². The number of hydrogen-bond acceptors (Lipinski definition) is 4. The van der Waals surface area contributed by atoms with Crippen LogP contribution >= 0.6 is 0 Å². The first-order valence-electron chi connectivity index (χ1n) is 4.89. The molecule has 0 fully saturated rings. The third-order valence-corrected chi connectivity index (χ3v) is 2.32. The molecule has 0 saturated carbocycles. The molecule has 1 atom stereocenters. The predicted molar refractivity (Wildman–Crippen MR) is 61.4 cm³/mol. The van der Waals surface area contributed by atoms with E-state index in [0.717, 1.165) is 0 Å². The third kappa shape index (κ3) is 2.71. The fourth-order valence-corrected chi connectivity index (χ4v) is 1.34. The van der Waals surface area contributed by atoms with Crippen LogP contribution in [0, 0.1) is 0 Å². The van der Waals surface area contributed by atoms with Gasteiger partial charge in [-0.25, -0.2) is 0 Å². The zero-order valence-corrected chi connectivity index (χ0v) is 9.38. The topological polar surface area (TPSA) is 75.8 Å². The van der Waals surface area contributed by atoms with Gasteiger partial charge in [-0.2, -0.15) is 0 Å². The number of benzene rings is 1. The number of anilines is 1. The lowest BCUT2D eigenvalue weighted by Crippen LogP contribution is -2.41. The summed E-state index contributed by atoms with van der Waals surface area (Å²) in [7, 11) is 3.05. The molecule has 1 aromatic rings. The third-order valence-electron chi connectivity index (χ3n) is 2.32. The van der Waals surface area contributed by atoms with Gasteiger partial charge in [0, 0.05) is 32.5 Å². The molecule has 0 saturated heterocycles. The molecule has 16 heavy (non-hydrogen) atoms. The van der Waals surface area contributed by atoms with Crippen LogP contribution in [0.4, 0.5) is 5.69 Å². The highest BCUT2D eigenvalue weighted by molar-refractivity contribution is 5.96. The molecule has 5 heteroatoms. The van der Waals surface area contributed by atoms with Gasteiger partial charge in [0.2, 0.25) is 0 Å². The highest BCUT2D eigenvalue weighted by Gasteiger charge is 2.21. The standard InChI is InChI=1S/C11H16N2O3/c1-13(11(15)10(7-12)16-2)8-4-3-5-9(14)6-8/h3-6,10,14H,7,12H2,1-2H3. The molecular weight excluding hydrogens is 208 g/mol. The monoisotopic (exact) mass is 224 g/mol. The number of nitrogens with two attached hydrogens (primary N) is 1. The second-order valence-corrected chi connectivity index (χ2v) is 3.38. The van der Waals surface area contributed by atoms with Crippen molar-refractivity contribution >= 4 is 11.6 Å². The first kappa shape index (κ1) is 12.5. The number of ether oxygens (including phenoxy) is 1. The van der Waals surface area contributed by atoms with Crippen molar-refractivity contribution in [3.05, 3.63) is 24.3 Å². The molecule has 1 amide bonds. The smallest absolute Gasteiger partial charge is 0.257 e. The molecule has 0 spiro atoms. The van der Waals surface area contributed by atoms with Crippen molar-refractivity contribution in [2.24, 2.45) is 5.73 Å². The van der Waals surface area contributed by atoms with E-state index in [2.05, 4.69) is 0 Å². The Labute approximate surface area is 94.4 Å². The Balaban J connectivity index is 2.85. The second kappa shape index (κ2) is 5.48. The average molecular weight is 224 g/mol. The summed E-state index contributed by atoms with van der Waals surface area (Å²) in [6.45, 7) is 0.124. The minimum atomic E-state index is -0.660. The predicted octanol–water partition coefficient (Wildman–Crippen LogP) is 0.329. The molecule has 1 unspecified atom stereocenters. The summed E-state index contributed by atoms with van der Waals surface area (Å²) in [5.41, 5.74) is 6.01. The number of phenolic OH excluding ortho intramolecular Hbond substituents is 1. The Morgan fingerprint density at radius 2 is 2.31 bits per heavy atom. The molecular formula is C11H16N2O3. The molecule has 0 aliphatic heterocycles. The first-order valence-corrected chi connectivity index (χ1v) is 4.89. The number of aromatic hydroxyl groups is 1. The van der Waals surface area contributed by atoms with E-state index in [4.69, 9.17) is 10.5 Å². The van der Waals surface area contributed by atoms with Gasteiger partial charge in [-0.1, -0.05) is 6.07 Å². The van der Waals surface area contributed by atoms with Crippen molar-refractivity contribution in [2.75, 3.05) is 25.6 Å². The number of methoxy groups -OCH3 is 1.